The van der Waals surface area contributed by atoms with Gasteiger partial charge in [-0.2, -0.15) is 5.10 Å². The van der Waals surface area contributed by atoms with E-state index >= 15 is 0 Å². The SMILES string of the molecule is C=C/C=C(/c1cc(F)cc(CCCN2CCCC2)c1)c1nc(-c2n[nH]c3ccc(-c4ccncc4)cc23)[nH]c1C. The Labute approximate surface area is 233 Å². The zero-order valence-electron chi connectivity index (χ0n) is 22.8. The quantitative estimate of drug-likeness (QED) is 0.199. The fourth-order valence-electron chi connectivity index (χ4n) is 5.65. The van der Waals surface area contributed by atoms with Crippen LogP contribution in [-0.2, 0) is 6.42 Å². The Kier molecular flexibility index (Phi) is 7.38. The number of pyridine rings is 1. The largest absolute Gasteiger partial charge is 0.340 e. The molecule has 3 aromatic heterocycles. The molecule has 6 nitrogen and oxygen atoms in total. The van der Waals surface area contributed by atoms with E-state index in [0.717, 1.165) is 75.2 Å². The number of aryl methyl sites for hydroxylation is 2. The fourth-order valence-corrected chi connectivity index (χ4v) is 5.65. The third-order valence-corrected chi connectivity index (χ3v) is 7.63. The van der Waals surface area contributed by atoms with Gasteiger partial charge >= 0.3 is 0 Å². The number of nitrogens with zero attached hydrogens (tertiary/aromatic N) is 4. The van der Waals surface area contributed by atoms with Crippen molar-refractivity contribution in [2.75, 3.05) is 19.6 Å². The number of hydrogen-bond donors (Lipinski definition) is 2. The first-order valence-electron chi connectivity index (χ1n) is 13.9. The van der Waals surface area contributed by atoms with Gasteiger partial charge in [0.25, 0.3) is 0 Å². The Morgan fingerprint density at radius 2 is 1.88 bits per heavy atom. The van der Waals surface area contributed by atoms with Crippen molar-refractivity contribution in [3.63, 3.8) is 0 Å². The van der Waals surface area contributed by atoms with Crippen molar-refractivity contribution in [3.8, 4) is 22.6 Å². The number of benzene rings is 2. The Morgan fingerprint density at radius 3 is 2.67 bits per heavy atom. The molecule has 1 aliphatic rings. The average molecular weight is 533 g/mol. The molecule has 4 heterocycles. The summed E-state index contributed by atoms with van der Waals surface area (Å²) in [5.74, 6) is 0.418. The first-order valence-corrected chi connectivity index (χ1v) is 13.9. The van der Waals surface area contributed by atoms with Crippen LogP contribution in [0.15, 0.2) is 79.7 Å². The molecule has 0 spiro atoms. The maximum Gasteiger partial charge on any atom is 0.159 e. The van der Waals surface area contributed by atoms with Crippen molar-refractivity contribution in [1.29, 1.82) is 0 Å². The number of rotatable bonds is 9. The van der Waals surface area contributed by atoms with E-state index < -0.39 is 0 Å². The van der Waals surface area contributed by atoms with Crippen molar-refractivity contribution >= 4 is 16.5 Å². The predicted molar refractivity (Wildman–Crippen MR) is 159 cm³/mol. The van der Waals surface area contributed by atoms with Crippen LogP contribution in [0, 0.1) is 12.7 Å². The molecule has 6 rings (SSSR count). The number of hydrogen-bond acceptors (Lipinski definition) is 4. The van der Waals surface area contributed by atoms with Gasteiger partial charge in [-0.05, 0) is 111 Å². The molecule has 0 unspecified atom stereocenters. The standard InChI is InChI=1S/C33H33FN6/c1-3-7-28(26-18-23(19-27(34)20-26)8-6-17-40-15-4-5-16-40)31-22(2)36-33(37-31)32-29-21-25(9-10-30(29)38-39-32)24-11-13-35-14-12-24/h3,7,9-14,18-21H,1,4-6,8,15-17H2,2H3,(H,36,37)(H,38,39)/b28-7-. The van der Waals surface area contributed by atoms with E-state index in [4.69, 9.17) is 4.98 Å². The van der Waals surface area contributed by atoms with Crippen LogP contribution >= 0.6 is 0 Å². The van der Waals surface area contributed by atoms with Crippen molar-refractivity contribution in [2.24, 2.45) is 0 Å². The highest BCUT2D eigenvalue weighted by atomic mass is 19.1. The number of imidazole rings is 1. The molecule has 40 heavy (non-hydrogen) atoms. The van der Waals surface area contributed by atoms with Gasteiger partial charge in [0, 0.05) is 29.0 Å². The molecule has 0 aliphatic carbocycles. The van der Waals surface area contributed by atoms with Crippen LogP contribution in [0.1, 0.15) is 41.8 Å². The first-order chi connectivity index (χ1) is 19.6. The van der Waals surface area contributed by atoms with Gasteiger partial charge in [-0.3, -0.25) is 10.1 Å². The maximum absolute atomic E-state index is 14.8. The van der Waals surface area contributed by atoms with Gasteiger partial charge in [0.1, 0.15) is 11.5 Å². The van der Waals surface area contributed by atoms with Gasteiger partial charge < -0.3 is 9.88 Å². The summed E-state index contributed by atoms with van der Waals surface area (Å²) in [6, 6.07) is 15.5. The van der Waals surface area contributed by atoms with Gasteiger partial charge in [0.2, 0.25) is 0 Å². The molecular formula is C33H33FN6. The summed E-state index contributed by atoms with van der Waals surface area (Å²) in [6.45, 7) is 9.32. The molecule has 202 valence electrons. The second-order valence-corrected chi connectivity index (χ2v) is 10.4. The molecule has 5 aromatic rings. The Hall–Kier alpha value is -4.36. The lowest BCUT2D eigenvalue weighted by Crippen LogP contribution is -2.20. The van der Waals surface area contributed by atoms with E-state index in [1.165, 1.54) is 25.9 Å². The van der Waals surface area contributed by atoms with Crippen LogP contribution in [0.3, 0.4) is 0 Å². The van der Waals surface area contributed by atoms with Crippen LogP contribution in [0.25, 0.3) is 39.1 Å². The van der Waals surface area contributed by atoms with Crippen LogP contribution in [0.5, 0.6) is 0 Å². The summed E-state index contributed by atoms with van der Waals surface area (Å²) in [5.41, 5.74) is 8.07. The Morgan fingerprint density at radius 1 is 1.05 bits per heavy atom. The number of H-pyrrole nitrogens is 2. The molecule has 0 radical (unpaired) electrons. The van der Waals surface area contributed by atoms with E-state index in [2.05, 4.69) is 49.8 Å². The number of nitrogens with one attached hydrogen (secondary N) is 2. The lowest BCUT2D eigenvalue weighted by Gasteiger charge is -2.14. The average Bonchev–Trinajstić information content (AvgIpc) is 3.72. The maximum atomic E-state index is 14.8. The van der Waals surface area contributed by atoms with E-state index in [9.17, 15) is 4.39 Å². The van der Waals surface area contributed by atoms with Crippen LogP contribution in [0.2, 0.25) is 0 Å². The molecule has 0 saturated carbocycles. The topological polar surface area (TPSA) is 73.5 Å². The normalized spacial score (nSPS) is 14.3. The molecule has 7 heteroatoms. The second kappa shape index (κ2) is 11.4. The summed E-state index contributed by atoms with van der Waals surface area (Å²) >= 11 is 0. The third-order valence-electron chi connectivity index (χ3n) is 7.63. The van der Waals surface area contributed by atoms with Gasteiger partial charge in [-0.25, -0.2) is 9.37 Å². The molecule has 0 bridgehead atoms. The second-order valence-electron chi connectivity index (χ2n) is 10.4. The van der Waals surface area contributed by atoms with Gasteiger partial charge in [0.05, 0.1) is 11.2 Å². The van der Waals surface area contributed by atoms with Crippen molar-refractivity contribution < 1.29 is 4.39 Å². The van der Waals surface area contributed by atoms with Crippen molar-refractivity contribution in [1.82, 2.24) is 30.0 Å². The van der Waals surface area contributed by atoms with Gasteiger partial charge in [-0.1, -0.05) is 30.9 Å². The summed E-state index contributed by atoms with van der Waals surface area (Å²) in [6.07, 6.45) is 11.6. The van der Waals surface area contributed by atoms with E-state index in [1.54, 1.807) is 30.6 Å². The zero-order chi connectivity index (χ0) is 27.5. The minimum atomic E-state index is -0.237. The molecule has 1 saturated heterocycles. The number of likely N-dealkylation sites (tertiary alicyclic amines) is 1. The zero-order valence-corrected chi connectivity index (χ0v) is 22.8. The predicted octanol–water partition coefficient (Wildman–Crippen LogP) is 7.11. The number of allylic oxidation sites excluding steroid dienone is 2. The molecule has 1 aliphatic heterocycles. The van der Waals surface area contributed by atoms with Crippen LogP contribution < -0.4 is 0 Å². The number of halogens is 1. The third kappa shape index (κ3) is 5.38. The van der Waals surface area contributed by atoms with E-state index in [-0.39, 0.29) is 5.82 Å². The smallest absolute Gasteiger partial charge is 0.159 e. The lowest BCUT2D eigenvalue weighted by atomic mass is 9.97. The number of aromatic nitrogens is 5. The van der Waals surface area contributed by atoms with Gasteiger partial charge in [-0.15, -0.1) is 0 Å². The highest BCUT2D eigenvalue weighted by Gasteiger charge is 2.19. The molecule has 1 fully saturated rings. The summed E-state index contributed by atoms with van der Waals surface area (Å²) < 4.78 is 14.8. The Bertz CT molecular complexity index is 1670. The van der Waals surface area contributed by atoms with Crippen molar-refractivity contribution in [2.45, 2.75) is 32.6 Å². The highest BCUT2D eigenvalue weighted by molar-refractivity contribution is 5.94. The minimum absolute atomic E-state index is 0.237. The molecular weight excluding hydrogens is 499 g/mol. The van der Waals surface area contributed by atoms with Crippen LogP contribution in [-0.4, -0.2) is 49.7 Å². The number of aromatic amines is 2. The molecule has 0 amide bonds. The number of fused-ring (bicyclic) bond motifs is 1. The molecule has 2 N–H and O–H groups in total. The molecule has 2 aromatic carbocycles. The summed E-state index contributed by atoms with van der Waals surface area (Å²) in [5, 5.41) is 8.69. The summed E-state index contributed by atoms with van der Waals surface area (Å²) in [7, 11) is 0. The minimum Gasteiger partial charge on any atom is -0.340 e. The lowest BCUT2D eigenvalue weighted by molar-refractivity contribution is 0.334. The monoisotopic (exact) mass is 532 g/mol. The van der Waals surface area contributed by atoms with Gasteiger partial charge in [0.15, 0.2) is 5.82 Å². The van der Waals surface area contributed by atoms with Crippen molar-refractivity contribution in [3.05, 3.63) is 108 Å². The molecule has 0 atom stereocenters. The Balaban J connectivity index is 1.32. The van der Waals surface area contributed by atoms with E-state index in [1.807, 2.05) is 31.2 Å². The van der Waals surface area contributed by atoms with Crippen LogP contribution in [0.4, 0.5) is 4.39 Å². The fraction of sp³-hybridized carbons (Fsp3) is 0.242. The highest BCUT2D eigenvalue weighted by Crippen LogP contribution is 2.33. The van der Waals surface area contributed by atoms with E-state index in [0.29, 0.717) is 5.82 Å². The summed E-state index contributed by atoms with van der Waals surface area (Å²) in [4.78, 5) is 15.0. The first kappa shape index (κ1) is 25.9.